The van der Waals surface area contributed by atoms with E-state index in [0.29, 0.717) is 29.5 Å². The zero-order valence-corrected chi connectivity index (χ0v) is 16.2. The Kier molecular flexibility index (Phi) is 6.01. The molecule has 0 radical (unpaired) electrons. The van der Waals surface area contributed by atoms with Gasteiger partial charge in [0.1, 0.15) is 5.75 Å². The van der Waals surface area contributed by atoms with Crippen molar-refractivity contribution in [3.8, 4) is 5.75 Å². The molecule has 1 unspecified atom stereocenters. The summed E-state index contributed by atoms with van der Waals surface area (Å²) in [5, 5.41) is 3.37. The van der Waals surface area contributed by atoms with E-state index in [9.17, 15) is 4.79 Å². The monoisotopic (exact) mass is 389 g/mol. The predicted molar refractivity (Wildman–Crippen MR) is 106 cm³/mol. The van der Waals surface area contributed by atoms with Crippen LogP contribution in [0, 0.1) is 0 Å². The molecule has 0 bridgehead atoms. The van der Waals surface area contributed by atoms with Gasteiger partial charge in [0.15, 0.2) is 0 Å². The van der Waals surface area contributed by atoms with Gasteiger partial charge in [0.2, 0.25) is 5.95 Å². The van der Waals surface area contributed by atoms with Crippen molar-refractivity contribution >= 4 is 29.3 Å². The average Bonchev–Trinajstić information content (AvgIpc) is 2.64. The Morgan fingerprint density at radius 2 is 2.22 bits per heavy atom. The number of amides is 2. The highest BCUT2D eigenvalue weighted by Crippen LogP contribution is 2.29. The van der Waals surface area contributed by atoms with Gasteiger partial charge in [-0.15, -0.1) is 0 Å². The summed E-state index contributed by atoms with van der Waals surface area (Å²) in [7, 11) is 0. The van der Waals surface area contributed by atoms with Crippen molar-refractivity contribution < 1.29 is 9.53 Å². The maximum Gasteiger partial charge on any atom is 0.321 e. The van der Waals surface area contributed by atoms with E-state index < -0.39 is 0 Å². The van der Waals surface area contributed by atoms with Gasteiger partial charge in [-0.25, -0.2) is 14.8 Å². The number of aromatic nitrogens is 2. The predicted octanol–water partition coefficient (Wildman–Crippen LogP) is 3.91. The van der Waals surface area contributed by atoms with Crippen LogP contribution in [0.5, 0.6) is 5.75 Å². The van der Waals surface area contributed by atoms with Gasteiger partial charge in [-0.1, -0.05) is 11.6 Å². The lowest BCUT2D eigenvalue weighted by atomic mass is 9.95. The van der Waals surface area contributed by atoms with Crippen molar-refractivity contribution in [3.05, 3.63) is 41.2 Å². The molecular formula is C19H24ClN5O2. The first-order valence-electron chi connectivity index (χ1n) is 9.03. The largest absolute Gasteiger partial charge is 0.489 e. The van der Waals surface area contributed by atoms with Crippen LogP contribution in [0.15, 0.2) is 30.5 Å². The van der Waals surface area contributed by atoms with Crippen LogP contribution in [0.2, 0.25) is 5.02 Å². The number of urea groups is 1. The Labute approximate surface area is 163 Å². The van der Waals surface area contributed by atoms with Crippen molar-refractivity contribution in [3.63, 3.8) is 0 Å². The fourth-order valence-electron chi connectivity index (χ4n) is 3.15. The number of anilines is 2. The summed E-state index contributed by atoms with van der Waals surface area (Å²) in [6.45, 7) is 5.16. The number of nitrogens with two attached hydrogens (primary N) is 1. The fourth-order valence-corrected chi connectivity index (χ4v) is 3.37. The molecule has 0 aliphatic carbocycles. The van der Waals surface area contributed by atoms with E-state index in [4.69, 9.17) is 22.1 Å². The SMILES string of the molecule is CC(C)Oc1ccc(NC(=O)N2CCCC(c3ccnc(N)n3)C2)cc1Cl. The Morgan fingerprint density at radius 1 is 1.41 bits per heavy atom. The molecule has 2 aromatic rings. The smallest absolute Gasteiger partial charge is 0.321 e. The molecule has 3 rings (SSSR count). The molecule has 27 heavy (non-hydrogen) atoms. The van der Waals surface area contributed by atoms with Crippen molar-refractivity contribution in [2.75, 3.05) is 24.1 Å². The molecular weight excluding hydrogens is 366 g/mol. The summed E-state index contributed by atoms with van der Waals surface area (Å²) in [5.41, 5.74) is 7.19. The number of nitrogen functional groups attached to an aromatic ring is 1. The van der Waals surface area contributed by atoms with Crippen molar-refractivity contribution in [2.45, 2.75) is 38.7 Å². The van der Waals surface area contributed by atoms with Gasteiger partial charge in [-0.05, 0) is 51.0 Å². The number of rotatable bonds is 4. The maximum atomic E-state index is 12.7. The minimum absolute atomic E-state index is 0.0315. The first kappa shape index (κ1) is 19.2. The number of carbonyl (C=O) groups is 1. The van der Waals surface area contributed by atoms with Crippen molar-refractivity contribution in [1.82, 2.24) is 14.9 Å². The van der Waals surface area contributed by atoms with E-state index in [-0.39, 0.29) is 24.0 Å². The molecule has 1 fully saturated rings. The van der Waals surface area contributed by atoms with Crippen LogP contribution in [0.25, 0.3) is 0 Å². The zero-order valence-electron chi connectivity index (χ0n) is 15.5. The number of likely N-dealkylation sites (tertiary alicyclic amines) is 1. The minimum atomic E-state index is -0.157. The van der Waals surface area contributed by atoms with Crippen LogP contribution in [0.3, 0.4) is 0 Å². The zero-order chi connectivity index (χ0) is 19.4. The molecule has 8 heteroatoms. The normalized spacial score (nSPS) is 17.0. The second kappa shape index (κ2) is 8.43. The average molecular weight is 390 g/mol. The topological polar surface area (TPSA) is 93.4 Å². The lowest BCUT2D eigenvalue weighted by molar-refractivity contribution is 0.192. The molecule has 0 saturated carbocycles. The highest BCUT2D eigenvalue weighted by atomic mass is 35.5. The summed E-state index contributed by atoms with van der Waals surface area (Å²) >= 11 is 6.24. The number of nitrogens with one attached hydrogen (secondary N) is 1. The maximum absolute atomic E-state index is 12.7. The van der Waals surface area contributed by atoms with E-state index in [1.807, 2.05) is 19.9 Å². The van der Waals surface area contributed by atoms with E-state index >= 15 is 0 Å². The summed E-state index contributed by atoms with van der Waals surface area (Å²) in [6, 6.07) is 6.95. The van der Waals surface area contributed by atoms with Crippen molar-refractivity contribution in [1.29, 1.82) is 0 Å². The Morgan fingerprint density at radius 3 is 2.93 bits per heavy atom. The molecule has 1 aliphatic rings. The third-order valence-electron chi connectivity index (χ3n) is 4.37. The number of hydrogen-bond donors (Lipinski definition) is 2. The molecule has 2 heterocycles. The Balaban J connectivity index is 1.64. The number of halogens is 1. The van der Waals surface area contributed by atoms with Crippen LogP contribution >= 0.6 is 11.6 Å². The summed E-state index contributed by atoms with van der Waals surface area (Å²) in [4.78, 5) is 22.7. The molecule has 1 aliphatic heterocycles. The van der Waals surface area contributed by atoms with Gasteiger partial charge in [-0.2, -0.15) is 0 Å². The van der Waals surface area contributed by atoms with Crippen LogP contribution in [-0.2, 0) is 0 Å². The molecule has 7 nitrogen and oxygen atoms in total. The molecule has 1 saturated heterocycles. The third-order valence-corrected chi connectivity index (χ3v) is 4.66. The van der Waals surface area contributed by atoms with Gasteiger partial charge in [0.25, 0.3) is 0 Å². The van der Waals surface area contributed by atoms with E-state index in [1.165, 1.54) is 0 Å². The molecule has 1 aromatic heterocycles. The van der Waals surface area contributed by atoms with Crippen LogP contribution in [0.1, 0.15) is 38.3 Å². The standard InChI is InChI=1S/C19H24ClN5O2/c1-12(2)27-17-6-5-14(10-15(17)20)23-19(26)25-9-3-4-13(11-25)16-7-8-22-18(21)24-16/h5-8,10,12-13H,3-4,9,11H2,1-2H3,(H,23,26)(H2,21,22,24). The first-order chi connectivity index (χ1) is 12.9. The fraction of sp³-hybridized carbons (Fsp3) is 0.421. The number of ether oxygens (including phenoxy) is 1. The quantitative estimate of drug-likeness (QED) is 0.826. The molecule has 3 N–H and O–H groups in total. The number of nitrogens with zero attached hydrogens (tertiary/aromatic N) is 3. The lowest BCUT2D eigenvalue weighted by Crippen LogP contribution is -2.41. The Bertz CT molecular complexity index is 814. The second-order valence-corrected chi connectivity index (χ2v) is 7.27. The molecule has 144 valence electrons. The molecule has 2 amide bonds. The summed E-state index contributed by atoms with van der Waals surface area (Å²) < 4.78 is 5.62. The molecule has 1 atom stereocenters. The second-order valence-electron chi connectivity index (χ2n) is 6.87. The minimum Gasteiger partial charge on any atom is -0.489 e. The van der Waals surface area contributed by atoms with Gasteiger partial charge in [0, 0.05) is 30.9 Å². The number of piperidine rings is 1. The number of carbonyl (C=O) groups excluding carboxylic acids is 1. The van der Waals surface area contributed by atoms with Crippen LogP contribution < -0.4 is 15.8 Å². The van der Waals surface area contributed by atoms with Gasteiger partial charge in [0.05, 0.1) is 16.8 Å². The number of hydrogen-bond acceptors (Lipinski definition) is 5. The van der Waals surface area contributed by atoms with Gasteiger partial charge >= 0.3 is 6.03 Å². The highest BCUT2D eigenvalue weighted by Gasteiger charge is 2.26. The van der Waals surface area contributed by atoms with Gasteiger partial charge in [-0.3, -0.25) is 0 Å². The highest BCUT2D eigenvalue weighted by molar-refractivity contribution is 6.32. The van der Waals surface area contributed by atoms with Gasteiger partial charge < -0.3 is 20.7 Å². The van der Waals surface area contributed by atoms with E-state index in [0.717, 1.165) is 18.5 Å². The summed E-state index contributed by atoms with van der Waals surface area (Å²) in [6.07, 6.45) is 3.56. The summed E-state index contributed by atoms with van der Waals surface area (Å²) in [5.74, 6) is 1.01. The lowest BCUT2D eigenvalue weighted by Gasteiger charge is -2.32. The van der Waals surface area contributed by atoms with E-state index in [1.54, 1.807) is 29.3 Å². The number of benzene rings is 1. The Hall–Kier alpha value is -2.54. The van der Waals surface area contributed by atoms with E-state index in [2.05, 4.69) is 15.3 Å². The molecule has 1 aromatic carbocycles. The third kappa shape index (κ3) is 5.01. The molecule has 0 spiro atoms. The van der Waals surface area contributed by atoms with Crippen LogP contribution in [0.4, 0.5) is 16.4 Å². The van der Waals surface area contributed by atoms with Crippen LogP contribution in [-0.4, -0.2) is 40.1 Å². The first-order valence-corrected chi connectivity index (χ1v) is 9.40. The van der Waals surface area contributed by atoms with Crippen molar-refractivity contribution in [2.24, 2.45) is 0 Å².